The second kappa shape index (κ2) is 6.66. The number of nitrogens with zero attached hydrogens (tertiary/aromatic N) is 1. The number of anilines is 1. The molecule has 0 saturated heterocycles. The summed E-state index contributed by atoms with van der Waals surface area (Å²) < 4.78 is 0. The van der Waals surface area contributed by atoms with E-state index in [1.54, 1.807) is 6.21 Å². The Hall–Kier alpha value is -2.20. The van der Waals surface area contributed by atoms with E-state index in [0.717, 1.165) is 11.3 Å². The molecule has 0 heterocycles. The van der Waals surface area contributed by atoms with Gasteiger partial charge >= 0.3 is 0 Å². The highest BCUT2D eigenvalue weighted by atomic mass is 32.1. The third-order valence-corrected chi connectivity index (χ3v) is 2.65. The molecule has 0 saturated carbocycles. The van der Waals surface area contributed by atoms with Crippen LogP contribution in [0.2, 0.25) is 0 Å². The molecule has 0 unspecified atom stereocenters. The highest BCUT2D eigenvalue weighted by Gasteiger charge is 1.94. The van der Waals surface area contributed by atoms with Crippen molar-refractivity contribution in [2.24, 2.45) is 5.10 Å². The summed E-state index contributed by atoms with van der Waals surface area (Å²) >= 11 is 5.14. The molecule has 96 valence electrons. The zero-order chi connectivity index (χ0) is 13.5. The number of rotatable bonds is 3. The lowest BCUT2D eigenvalue weighted by Crippen LogP contribution is -2.23. The number of hydrazone groups is 1. The van der Waals surface area contributed by atoms with E-state index in [0.29, 0.717) is 5.11 Å². The van der Waals surface area contributed by atoms with Crippen LogP contribution < -0.4 is 10.7 Å². The van der Waals surface area contributed by atoms with Gasteiger partial charge in [-0.25, -0.2) is 0 Å². The minimum absolute atomic E-state index is 0.468. The van der Waals surface area contributed by atoms with Gasteiger partial charge < -0.3 is 5.32 Å². The molecule has 0 spiro atoms. The molecule has 4 heteroatoms. The van der Waals surface area contributed by atoms with E-state index < -0.39 is 0 Å². The summed E-state index contributed by atoms with van der Waals surface area (Å²) in [6, 6.07) is 17.8. The first-order valence-electron chi connectivity index (χ1n) is 5.96. The van der Waals surface area contributed by atoms with Crippen LogP contribution >= 0.6 is 12.2 Å². The highest BCUT2D eigenvalue weighted by molar-refractivity contribution is 7.80. The molecule has 0 aromatic heterocycles. The highest BCUT2D eigenvalue weighted by Crippen LogP contribution is 2.04. The predicted molar refractivity (Wildman–Crippen MR) is 84.6 cm³/mol. The fraction of sp³-hybridized carbons (Fsp3) is 0.0667. The minimum atomic E-state index is 0.468. The van der Waals surface area contributed by atoms with Crippen molar-refractivity contribution in [2.75, 3.05) is 5.32 Å². The van der Waals surface area contributed by atoms with Crippen LogP contribution in [0.15, 0.2) is 59.7 Å². The van der Waals surface area contributed by atoms with Gasteiger partial charge in [-0.3, -0.25) is 5.43 Å². The van der Waals surface area contributed by atoms with Gasteiger partial charge in [0.25, 0.3) is 0 Å². The summed E-state index contributed by atoms with van der Waals surface area (Å²) in [7, 11) is 0. The second-order valence-corrected chi connectivity index (χ2v) is 4.51. The van der Waals surface area contributed by atoms with Gasteiger partial charge in [-0.1, -0.05) is 48.0 Å². The Morgan fingerprint density at radius 3 is 2.63 bits per heavy atom. The summed E-state index contributed by atoms with van der Waals surface area (Å²) in [5.74, 6) is 0. The monoisotopic (exact) mass is 269 g/mol. The Morgan fingerprint density at radius 2 is 1.89 bits per heavy atom. The Labute approximate surface area is 118 Å². The quantitative estimate of drug-likeness (QED) is 0.510. The predicted octanol–water partition coefficient (Wildman–Crippen LogP) is 3.32. The Morgan fingerprint density at radius 1 is 1.11 bits per heavy atom. The normalized spacial score (nSPS) is 10.4. The van der Waals surface area contributed by atoms with Crippen molar-refractivity contribution in [3.63, 3.8) is 0 Å². The van der Waals surface area contributed by atoms with Gasteiger partial charge in [-0.2, -0.15) is 5.10 Å². The molecule has 3 nitrogen and oxygen atoms in total. The van der Waals surface area contributed by atoms with Crippen LogP contribution in [0.25, 0.3) is 0 Å². The molecular weight excluding hydrogens is 254 g/mol. The van der Waals surface area contributed by atoms with Crippen LogP contribution in [0.5, 0.6) is 0 Å². The molecule has 2 aromatic carbocycles. The summed E-state index contributed by atoms with van der Waals surface area (Å²) in [5, 5.41) is 7.61. The van der Waals surface area contributed by atoms with Crippen molar-refractivity contribution in [1.82, 2.24) is 5.43 Å². The van der Waals surface area contributed by atoms with Crippen molar-refractivity contribution >= 4 is 29.2 Å². The molecule has 2 aromatic rings. The third kappa shape index (κ3) is 4.52. The summed E-state index contributed by atoms with van der Waals surface area (Å²) in [6.45, 7) is 2.05. The molecule has 0 aliphatic rings. The van der Waals surface area contributed by atoms with E-state index >= 15 is 0 Å². The maximum atomic E-state index is 5.14. The van der Waals surface area contributed by atoms with Crippen molar-refractivity contribution in [3.8, 4) is 0 Å². The SMILES string of the molecule is Cc1cccc(C=NNC(=S)Nc2ccccc2)c1. The van der Waals surface area contributed by atoms with Gasteiger partial charge in [0.05, 0.1) is 6.21 Å². The molecule has 0 atom stereocenters. The lowest BCUT2D eigenvalue weighted by molar-refractivity contribution is 1.05. The average molecular weight is 269 g/mol. The standard InChI is InChI=1S/C15H15N3S/c1-12-6-5-7-13(10-12)11-16-18-15(19)17-14-8-3-2-4-9-14/h2-11H,1H3,(H2,17,18,19). The molecule has 0 aliphatic heterocycles. The van der Waals surface area contributed by atoms with Crippen LogP contribution in [0.1, 0.15) is 11.1 Å². The summed E-state index contributed by atoms with van der Waals surface area (Å²) in [5.41, 5.74) is 5.96. The number of hydrogen-bond donors (Lipinski definition) is 2. The molecule has 19 heavy (non-hydrogen) atoms. The van der Waals surface area contributed by atoms with Gasteiger partial charge in [-0.05, 0) is 36.8 Å². The maximum Gasteiger partial charge on any atom is 0.191 e. The van der Waals surface area contributed by atoms with E-state index in [1.807, 2.05) is 55.5 Å². The smallest absolute Gasteiger partial charge is 0.191 e. The van der Waals surface area contributed by atoms with Crippen LogP contribution in [0.3, 0.4) is 0 Å². The summed E-state index contributed by atoms with van der Waals surface area (Å²) in [6.07, 6.45) is 1.74. The van der Waals surface area contributed by atoms with E-state index in [1.165, 1.54) is 5.56 Å². The molecule has 0 aliphatic carbocycles. The van der Waals surface area contributed by atoms with E-state index in [4.69, 9.17) is 12.2 Å². The van der Waals surface area contributed by atoms with E-state index in [2.05, 4.69) is 21.9 Å². The third-order valence-electron chi connectivity index (χ3n) is 2.45. The van der Waals surface area contributed by atoms with Crippen LogP contribution in [-0.2, 0) is 0 Å². The fourth-order valence-electron chi connectivity index (χ4n) is 1.60. The Balaban J connectivity index is 1.87. The molecule has 0 amide bonds. The van der Waals surface area contributed by atoms with Gasteiger partial charge in [0.2, 0.25) is 0 Å². The lowest BCUT2D eigenvalue weighted by Gasteiger charge is -2.06. The molecule has 0 bridgehead atoms. The van der Waals surface area contributed by atoms with Crippen LogP contribution in [-0.4, -0.2) is 11.3 Å². The number of para-hydroxylation sites is 1. The average Bonchev–Trinajstić information content (AvgIpc) is 2.40. The molecule has 0 radical (unpaired) electrons. The van der Waals surface area contributed by atoms with Crippen molar-refractivity contribution in [3.05, 3.63) is 65.7 Å². The first-order valence-corrected chi connectivity index (χ1v) is 6.36. The number of benzene rings is 2. The first kappa shape index (κ1) is 13.2. The molecule has 0 fully saturated rings. The van der Waals surface area contributed by atoms with Crippen LogP contribution in [0.4, 0.5) is 5.69 Å². The Kier molecular flexibility index (Phi) is 4.64. The first-order chi connectivity index (χ1) is 9.24. The number of aryl methyl sites for hydroxylation is 1. The van der Waals surface area contributed by atoms with Gasteiger partial charge in [0.1, 0.15) is 0 Å². The second-order valence-electron chi connectivity index (χ2n) is 4.10. The van der Waals surface area contributed by atoms with Crippen LogP contribution in [0, 0.1) is 6.92 Å². The Bertz CT molecular complexity index is 579. The number of thiocarbonyl (C=S) groups is 1. The molecule has 2 rings (SSSR count). The number of nitrogens with one attached hydrogen (secondary N) is 2. The van der Waals surface area contributed by atoms with Crippen molar-refractivity contribution < 1.29 is 0 Å². The van der Waals surface area contributed by atoms with Crippen molar-refractivity contribution in [2.45, 2.75) is 6.92 Å². The largest absolute Gasteiger partial charge is 0.331 e. The van der Waals surface area contributed by atoms with E-state index in [-0.39, 0.29) is 0 Å². The minimum Gasteiger partial charge on any atom is -0.331 e. The topological polar surface area (TPSA) is 36.4 Å². The maximum absolute atomic E-state index is 5.14. The van der Waals surface area contributed by atoms with Gasteiger partial charge in [0, 0.05) is 5.69 Å². The van der Waals surface area contributed by atoms with Crippen molar-refractivity contribution in [1.29, 1.82) is 0 Å². The number of hydrogen-bond acceptors (Lipinski definition) is 2. The lowest BCUT2D eigenvalue weighted by atomic mass is 10.2. The summed E-state index contributed by atoms with van der Waals surface area (Å²) in [4.78, 5) is 0. The fourth-order valence-corrected chi connectivity index (χ4v) is 1.77. The zero-order valence-electron chi connectivity index (χ0n) is 10.6. The molecule has 2 N–H and O–H groups in total. The van der Waals surface area contributed by atoms with E-state index in [9.17, 15) is 0 Å². The van der Waals surface area contributed by atoms with Gasteiger partial charge in [-0.15, -0.1) is 0 Å². The zero-order valence-corrected chi connectivity index (χ0v) is 11.4. The van der Waals surface area contributed by atoms with Gasteiger partial charge in [0.15, 0.2) is 5.11 Å². The molecular formula is C15H15N3S.